The Bertz CT molecular complexity index is 656. The summed E-state index contributed by atoms with van der Waals surface area (Å²) in [5, 5.41) is 23.0. The molecule has 0 radical (unpaired) electrons. The predicted molar refractivity (Wildman–Crippen MR) is 101 cm³/mol. The van der Waals surface area contributed by atoms with Crippen LogP contribution in [0.4, 0.5) is 0 Å². The number of piperidine rings is 1. The highest BCUT2D eigenvalue weighted by atomic mass is 16.5. The van der Waals surface area contributed by atoms with E-state index < -0.39 is 17.7 Å². The molecule has 0 unspecified atom stereocenters. The molecule has 1 aromatic carbocycles. The molecule has 150 valence electrons. The Balaban J connectivity index is 1.92. The number of aryl methyl sites for hydroxylation is 1. The quantitative estimate of drug-likeness (QED) is 0.650. The van der Waals surface area contributed by atoms with Gasteiger partial charge in [0, 0.05) is 25.8 Å². The van der Waals surface area contributed by atoms with Crippen LogP contribution in [0.15, 0.2) is 24.3 Å². The molecule has 0 spiro atoms. The Morgan fingerprint density at radius 1 is 1.37 bits per heavy atom. The van der Waals surface area contributed by atoms with Crippen LogP contribution >= 0.6 is 0 Å². The van der Waals surface area contributed by atoms with Crippen LogP contribution in [0.3, 0.4) is 0 Å². The molecule has 2 amide bonds. The minimum Gasteiger partial charge on any atom is -0.390 e. The van der Waals surface area contributed by atoms with Crippen molar-refractivity contribution in [2.75, 3.05) is 26.8 Å². The molecule has 3 N–H and O–H groups in total. The first-order chi connectivity index (χ1) is 12.7. The van der Waals surface area contributed by atoms with E-state index in [0.717, 1.165) is 5.56 Å². The number of aliphatic hydroxyl groups is 2. The van der Waals surface area contributed by atoms with Gasteiger partial charge >= 0.3 is 0 Å². The molecule has 2 rings (SSSR count). The SMILES string of the molecule is COCC(=O)N1CC[C@@H](NC(=O)c2cccc(CCC(C)(C)O)c2)[C@H](O)C1. The monoisotopic (exact) mass is 378 g/mol. The van der Waals surface area contributed by atoms with E-state index in [-0.39, 0.29) is 25.0 Å². The highest BCUT2D eigenvalue weighted by molar-refractivity contribution is 5.94. The maximum Gasteiger partial charge on any atom is 0.251 e. The summed E-state index contributed by atoms with van der Waals surface area (Å²) >= 11 is 0. The number of carbonyl (C=O) groups is 2. The zero-order chi connectivity index (χ0) is 20.0. The van der Waals surface area contributed by atoms with E-state index in [2.05, 4.69) is 5.32 Å². The van der Waals surface area contributed by atoms with Gasteiger partial charge in [0.2, 0.25) is 5.91 Å². The maximum absolute atomic E-state index is 12.6. The first-order valence-corrected chi connectivity index (χ1v) is 9.26. The fourth-order valence-electron chi connectivity index (χ4n) is 3.11. The molecule has 1 aliphatic rings. The number of likely N-dealkylation sites (tertiary alicyclic amines) is 1. The van der Waals surface area contributed by atoms with Crippen molar-refractivity contribution in [1.29, 1.82) is 0 Å². The number of ether oxygens (including phenoxy) is 1. The molecule has 7 nitrogen and oxygen atoms in total. The van der Waals surface area contributed by atoms with Crippen molar-refractivity contribution in [2.24, 2.45) is 0 Å². The number of hydrogen-bond donors (Lipinski definition) is 3. The Hall–Kier alpha value is -1.96. The van der Waals surface area contributed by atoms with E-state index in [1.807, 2.05) is 18.2 Å². The van der Waals surface area contributed by atoms with Crippen molar-refractivity contribution in [2.45, 2.75) is 50.9 Å². The minimum atomic E-state index is -0.818. The number of β-amino-alcohol motifs (C(OH)–C–C–N with tert-alkyl or cyclic N) is 1. The maximum atomic E-state index is 12.6. The van der Waals surface area contributed by atoms with Gasteiger partial charge < -0.3 is 25.2 Å². The lowest BCUT2D eigenvalue weighted by Crippen LogP contribution is -2.55. The van der Waals surface area contributed by atoms with Gasteiger partial charge in [0.1, 0.15) is 6.61 Å². The Kier molecular flexibility index (Phi) is 7.35. The number of nitrogens with zero attached hydrogens (tertiary/aromatic N) is 1. The first-order valence-electron chi connectivity index (χ1n) is 9.26. The second kappa shape index (κ2) is 9.30. The molecule has 0 saturated carbocycles. The average molecular weight is 378 g/mol. The van der Waals surface area contributed by atoms with Crippen LogP contribution in [0.25, 0.3) is 0 Å². The van der Waals surface area contributed by atoms with E-state index in [1.54, 1.807) is 24.8 Å². The standard InChI is InChI=1S/C20H30N2O5/c1-20(2,26)9-7-14-5-4-6-15(11-14)19(25)21-16-8-10-22(12-17(16)23)18(24)13-27-3/h4-6,11,16-17,23,26H,7-10,12-13H2,1-3H3,(H,21,25)/t16-,17-/m1/s1. The third-order valence-electron chi connectivity index (χ3n) is 4.73. The molecule has 7 heteroatoms. The highest BCUT2D eigenvalue weighted by Crippen LogP contribution is 2.16. The van der Waals surface area contributed by atoms with E-state index in [1.165, 1.54) is 7.11 Å². The summed E-state index contributed by atoms with van der Waals surface area (Å²) in [5.41, 5.74) is 0.745. The normalized spacial score (nSPS) is 20.4. The molecule has 0 bridgehead atoms. The lowest BCUT2D eigenvalue weighted by atomic mass is 9.97. The van der Waals surface area contributed by atoms with Crippen LogP contribution < -0.4 is 5.32 Å². The smallest absolute Gasteiger partial charge is 0.251 e. The van der Waals surface area contributed by atoms with Gasteiger partial charge in [-0.05, 0) is 50.8 Å². The molecule has 1 fully saturated rings. The summed E-state index contributed by atoms with van der Waals surface area (Å²) in [6.45, 7) is 4.15. The van der Waals surface area contributed by atoms with E-state index >= 15 is 0 Å². The van der Waals surface area contributed by atoms with Gasteiger partial charge in [0.15, 0.2) is 0 Å². The number of rotatable bonds is 7. The van der Waals surface area contributed by atoms with Gasteiger partial charge in [-0.25, -0.2) is 0 Å². The largest absolute Gasteiger partial charge is 0.390 e. The van der Waals surface area contributed by atoms with Gasteiger partial charge in [-0.1, -0.05) is 12.1 Å². The minimum absolute atomic E-state index is 0.0127. The number of aliphatic hydroxyl groups excluding tert-OH is 1. The number of hydrogen-bond acceptors (Lipinski definition) is 5. The number of nitrogens with one attached hydrogen (secondary N) is 1. The van der Waals surface area contributed by atoms with Crippen LogP contribution in [0.5, 0.6) is 0 Å². The summed E-state index contributed by atoms with van der Waals surface area (Å²) in [6, 6.07) is 6.88. The summed E-state index contributed by atoms with van der Waals surface area (Å²) < 4.78 is 4.84. The number of carbonyl (C=O) groups excluding carboxylic acids is 2. The Morgan fingerprint density at radius 2 is 2.11 bits per heavy atom. The highest BCUT2D eigenvalue weighted by Gasteiger charge is 2.31. The molecule has 0 aromatic heterocycles. The Labute approximate surface area is 160 Å². The summed E-state index contributed by atoms with van der Waals surface area (Å²) in [7, 11) is 1.46. The molecule has 1 aromatic rings. The molecule has 27 heavy (non-hydrogen) atoms. The number of benzene rings is 1. The Morgan fingerprint density at radius 3 is 2.74 bits per heavy atom. The van der Waals surface area contributed by atoms with Gasteiger partial charge in [-0.3, -0.25) is 9.59 Å². The van der Waals surface area contributed by atoms with Crippen molar-refractivity contribution >= 4 is 11.8 Å². The third kappa shape index (κ3) is 6.61. The van der Waals surface area contributed by atoms with Crippen LogP contribution in [0.2, 0.25) is 0 Å². The van der Waals surface area contributed by atoms with Crippen LogP contribution in [-0.4, -0.2) is 71.5 Å². The summed E-state index contributed by atoms with van der Waals surface area (Å²) in [4.78, 5) is 26.0. The van der Waals surface area contributed by atoms with Crippen LogP contribution in [0, 0.1) is 0 Å². The van der Waals surface area contributed by atoms with Crippen molar-refractivity contribution < 1.29 is 24.5 Å². The predicted octanol–water partition coefficient (Wildman–Crippen LogP) is 0.728. The second-order valence-electron chi connectivity index (χ2n) is 7.72. The summed E-state index contributed by atoms with van der Waals surface area (Å²) in [5.74, 6) is -0.415. The molecule has 1 heterocycles. The van der Waals surface area contributed by atoms with E-state index in [4.69, 9.17) is 4.74 Å². The molecule has 0 aliphatic carbocycles. The average Bonchev–Trinajstić information content (AvgIpc) is 2.61. The second-order valence-corrected chi connectivity index (χ2v) is 7.72. The van der Waals surface area contributed by atoms with Crippen molar-refractivity contribution in [3.05, 3.63) is 35.4 Å². The van der Waals surface area contributed by atoms with Gasteiger partial charge in [-0.2, -0.15) is 0 Å². The van der Waals surface area contributed by atoms with Crippen LogP contribution in [0.1, 0.15) is 42.6 Å². The van der Waals surface area contributed by atoms with Crippen molar-refractivity contribution in [3.8, 4) is 0 Å². The molecular weight excluding hydrogens is 348 g/mol. The molecular formula is C20H30N2O5. The zero-order valence-electron chi connectivity index (χ0n) is 16.3. The van der Waals surface area contributed by atoms with E-state index in [0.29, 0.717) is 31.4 Å². The lowest BCUT2D eigenvalue weighted by molar-refractivity contribution is -0.138. The fraction of sp³-hybridized carbons (Fsp3) is 0.600. The zero-order valence-corrected chi connectivity index (χ0v) is 16.3. The van der Waals surface area contributed by atoms with Crippen LogP contribution in [-0.2, 0) is 16.0 Å². The van der Waals surface area contributed by atoms with Crippen molar-refractivity contribution in [3.63, 3.8) is 0 Å². The molecule has 1 saturated heterocycles. The summed E-state index contributed by atoms with van der Waals surface area (Å²) in [6.07, 6.45) is 0.945. The van der Waals surface area contributed by atoms with E-state index in [9.17, 15) is 19.8 Å². The fourth-order valence-corrected chi connectivity index (χ4v) is 3.11. The number of amides is 2. The van der Waals surface area contributed by atoms with Gasteiger partial charge in [0.05, 0.1) is 17.7 Å². The topological polar surface area (TPSA) is 99.1 Å². The molecule has 1 aliphatic heterocycles. The third-order valence-corrected chi connectivity index (χ3v) is 4.73. The van der Waals surface area contributed by atoms with Gasteiger partial charge in [-0.15, -0.1) is 0 Å². The molecule has 2 atom stereocenters. The lowest BCUT2D eigenvalue weighted by Gasteiger charge is -2.36. The van der Waals surface area contributed by atoms with Gasteiger partial charge in [0.25, 0.3) is 5.91 Å². The first kappa shape index (κ1) is 21.3. The number of methoxy groups -OCH3 is 1. The van der Waals surface area contributed by atoms with Crippen molar-refractivity contribution in [1.82, 2.24) is 10.2 Å².